The number of hydrogen-bond donors (Lipinski definition) is 0. The van der Waals surface area contributed by atoms with Gasteiger partial charge >= 0.3 is 0 Å². The van der Waals surface area contributed by atoms with Crippen LogP contribution in [0.5, 0.6) is 0 Å². The number of likely N-dealkylation sites (tertiary alicyclic amines) is 1. The van der Waals surface area contributed by atoms with E-state index in [-0.39, 0.29) is 0 Å². The van der Waals surface area contributed by atoms with Gasteiger partial charge in [0.1, 0.15) is 0 Å². The summed E-state index contributed by atoms with van der Waals surface area (Å²) in [5.41, 5.74) is 2.46. The third-order valence-electron chi connectivity index (χ3n) is 4.53. The number of aryl methyl sites for hydroxylation is 1. The lowest BCUT2D eigenvalue weighted by molar-refractivity contribution is -0.118. The summed E-state index contributed by atoms with van der Waals surface area (Å²) in [6.45, 7) is 4.25. The molecule has 2 heterocycles. The number of para-hydroxylation sites is 1. The Morgan fingerprint density at radius 3 is 2.45 bits per heavy atom. The Morgan fingerprint density at radius 1 is 0.900 bits per heavy atom. The number of hydrogen-bond acceptors (Lipinski definition) is 2. The highest BCUT2D eigenvalue weighted by Gasteiger charge is 2.23. The fourth-order valence-electron chi connectivity index (χ4n) is 3.34. The number of anilines is 1. The number of fused-ring (bicyclic) bond motifs is 1. The molecule has 1 fully saturated rings. The second-order valence-corrected chi connectivity index (χ2v) is 5.93. The maximum absolute atomic E-state index is 12.2. The monoisotopic (exact) mass is 272 g/mol. The Bertz CT molecular complexity index is 464. The number of carbonyl (C=O) groups is 1. The zero-order valence-corrected chi connectivity index (χ0v) is 12.2. The van der Waals surface area contributed by atoms with Gasteiger partial charge in [-0.3, -0.25) is 4.79 Å². The van der Waals surface area contributed by atoms with Crippen molar-refractivity contribution >= 4 is 11.6 Å². The minimum Gasteiger partial charge on any atom is -0.311 e. The highest BCUT2D eigenvalue weighted by atomic mass is 16.2. The Hall–Kier alpha value is -1.35. The van der Waals surface area contributed by atoms with Crippen LogP contribution in [0.25, 0.3) is 0 Å². The first-order valence-electron chi connectivity index (χ1n) is 7.95. The van der Waals surface area contributed by atoms with E-state index >= 15 is 0 Å². The molecule has 0 aliphatic carbocycles. The van der Waals surface area contributed by atoms with Crippen LogP contribution in [-0.4, -0.2) is 37.0 Å². The molecule has 0 unspecified atom stereocenters. The van der Waals surface area contributed by atoms with Crippen LogP contribution in [-0.2, 0) is 11.2 Å². The molecule has 0 spiro atoms. The summed E-state index contributed by atoms with van der Waals surface area (Å²) < 4.78 is 0. The van der Waals surface area contributed by atoms with E-state index in [9.17, 15) is 4.79 Å². The first kappa shape index (κ1) is 13.6. The van der Waals surface area contributed by atoms with E-state index in [2.05, 4.69) is 23.1 Å². The normalized spacial score (nSPS) is 20.6. The number of carbonyl (C=O) groups excluding carboxylic acids is 1. The van der Waals surface area contributed by atoms with Crippen LogP contribution < -0.4 is 4.90 Å². The predicted octanol–water partition coefficient (Wildman–Crippen LogP) is 2.84. The highest BCUT2D eigenvalue weighted by molar-refractivity contribution is 5.96. The van der Waals surface area contributed by atoms with Gasteiger partial charge in [0.2, 0.25) is 5.91 Å². The van der Waals surface area contributed by atoms with E-state index in [0.29, 0.717) is 12.3 Å². The summed E-state index contributed by atoms with van der Waals surface area (Å²) in [4.78, 5) is 16.7. The zero-order valence-electron chi connectivity index (χ0n) is 12.2. The molecule has 3 rings (SSSR count). The molecular formula is C17H24N2O. The second-order valence-electron chi connectivity index (χ2n) is 5.93. The van der Waals surface area contributed by atoms with Crippen LogP contribution in [0.2, 0.25) is 0 Å². The summed E-state index contributed by atoms with van der Waals surface area (Å²) in [6, 6.07) is 8.35. The Kier molecular flexibility index (Phi) is 4.36. The zero-order chi connectivity index (χ0) is 13.8. The largest absolute Gasteiger partial charge is 0.311 e. The summed E-state index contributed by atoms with van der Waals surface area (Å²) in [7, 11) is 0. The van der Waals surface area contributed by atoms with Crippen molar-refractivity contribution in [2.24, 2.45) is 0 Å². The lowest BCUT2D eigenvalue weighted by atomic mass is 10.0. The van der Waals surface area contributed by atoms with Crippen LogP contribution >= 0.6 is 0 Å². The smallest absolute Gasteiger partial charge is 0.227 e. The average molecular weight is 272 g/mol. The van der Waals surface area contributed by atoms with Crippen LogP contribution in [0, 0.1) is 0 Å². The van der Waals surface area contributed by atoms with E-state index in [1.807, 2.05) is 11.0 Å². The molecule has 2 aliphatic rings. The first-order chi connectivity index (χ1) is 9.84. The molecule has 1 aromatic carbocycles. The molecule has 3 nitrogen and oxygen atoms in total. The SMILES string of the molecule is O=C1CCc2ccccc2N1CCN1CCCCCC1. The van der Waals surface area contributed by atoms with Crippen molar-refractivity contribution in [1.29, 1.82) is 0 Å². The lowest BCUT2D eigenvalue weighted by Crippen LogP contribution is -2.41. The van der Waals surface area contributed by atoms with Gasteiger partial charge in [0.25, 0.3) is 0 Å². The summed E-state index contributed by atoms with van der Waals surface area (Å²) >= 11 is 0. The molecule has 0 bridgehead atoms. The quantitative estimate of drug-likeness (QED) is 0.844. The Balaban J connectivity index is 1.65. The van der Waals surface area contributed by atoms with E-state index in [4.69, 9.17) is 0 Å². The molecule has 1 saturated heterocycles. The summed E-state index contributed by atoms with van der Waals surface area (Å²) in [6.07, 6.45) is 6.91. The molecule has 1 amide bonds. The topological polar surface area (TPSA) is 23.6 Å². The number of amides is 1. The molecule has 108 valence electrons. The number of rotatable bonds is 3. The minimum absolute atomic E-state index is 0.290. The molecule has 0 aromatic heterocycles. The van der Waals surface area contributed by atoms with Gasteiger partial charge < -0.3 is 9.80 Å². The molecule has 0 N–H and O–H groups in total. The summed E-state index contributed by atoms with van der Waals surface area (Å²) in [5.74, 6) is 0.290. The van der Waals surface area contributed by atoms with Gasteiger partial charge in [-0.1, -0.05) is 31.0 Å². The predicted molar refractivity (Wildman–Crippen MR) is 82.0 cm³/mol. The fraction of sp³-hybridized carbons (Fsp3) is 0.588. The standard InChI is InChI=1S/C17H24N2O/c20-17-10-9-15-7-3-4-8-16(15)19(17)14-13-18-11-5-1-2-6-12-18/h3-4,7-8H,1-2,5-6,9-14H2. The molecule has 2 aliphatic heterocycles. The first-order valence-corrected chi connectivity index (χ1v) is 7.95. The fourth-order valence-corrected chi connectivity index (χ4v) is 3.34. The minimum atomic E-state index is 0.290. The molecule has 3 heteroatoms. The molecule has 20 heavy (non-hydrogen) atoms. The van der Waals surface area contributed by atoms with Gasteiger partial charge in [0.05, 0.1) is 0 Å². The van der Waals surface area contributed by atoms with E-state index in [1.54, 1.807) is 0 Å². The molecular weight excluding hydrogens is 248 g/mol. The third kappa shape index (κ3) is 3.04. The third-order valence-corrected chi connectivity index (χ3v) is 4.53. The number of benzene rings is 1. The Morgan fingerprint density at radius 2 is 1.65 bits per heavy atom. The molecule has 1 aromatic rings. The van der Waals surface area contributed by atoms with Crippen molar-refractivity contribution in [3.8, 4) is 0 Å². The lowest BCUT2D eigenvalue weighted by Gasteiger charge is -2.31. The van der Waals surface area contributed by atoms with Gasteiger partial charge in [0, 0.05) is 25.2 Å². The van der Waals surface area contributed by atoms with Crippen LogP contribution in [0.1, 0.15) is 37.7 Å². The van der Waals surface area contributed by atoms with E-state index in [1.165, 1.54) is 44.3 Å². The van der Waals surface area contributed by atoms with Crippen LogP contribution in [0.4, 0.5) is 5.69 Å². The average Bonchev–Trinajstić information content (AvgIpc) is 2.75. The van der Waals surface area contributed by atoms with Crippen molar-refractivity contribution < 1.29 is 4.79 Å². The highest BCUT2D eigenvalue weighted by Crippen LogP contribution is 2.27. The van der Waals surface area contributed by atoms with Crippen molar-refractivity contribution in [2.45, 2.75) is 38.5 Å². The maximum Gasteiger partial charge on any atom is 0.227 e. The second kappa shape index (κ2) is 6.40. The Labute approximate surface area is 121 Å². The van der Waals surface area contributed by atoms with Gasteiger partial charge in [-0.25, -0.2) is 0 Å². The van der Waals surface area contributed by atoms with Crippen molar-refractivity contribution in [3.63, 3.8) is 0 Å². The van der Waals surface area contributed by atoms with Gasteiger partial charge in [-0.15, -0.1) is 0 Å². The van der Waals surface area contributed by atoms with Crippen LogP contribution in [0.3, 0.4) is 0 Å². The molecule has 0 atom stereocenters. The van der Waals surface area contributed by atoms with Crippen molar-refractivity contribution in [3.05, 3.63) is 29.8 Å². The van der Waals surface area contributed by atoms with Gasteiger partial charge in [-0.05, 0) is 44.0 Å². The van der Waals surface area contributed by atoms with Gasteiger partial charge in [0.15, 0.2) is 0 Å². The van der Waals surface area contributed by atoms with E-state index in [0.717, 1.165) is 25.2 Å². The molecule has 0 saturated carbocycles. The van der Waals surface area contributed by atoms with Crippen molar-refractivity contribution in [1.82, 2.24) is 4.90 Å². The molecule has 0 radical (unpaired) electrons. The summed E-state index contributed by atoms with van der Waals surface area (Å²) in [5, 5.41) is 0. The van der Waals surface area contributed by atoms with Gasteiger partial charge in [-0.2, -0.15) is 0 Å². The van der Waals surface area contributed by atoms with Crippen molar-refractivity contribution in [2.75, 3.05) is 31.1 Å². The van der Waals surface area contributed by atoms with Crippen LogP contribution in [0.15, 0.2) is 24.3 Å². The maximum atomic E-state index is 12.2. The van der Waals surface area contributed by atoms with E-state index < -0.39 is 0 Å². The number of nitrogens with zero attached hydrogens (tertiary/aromatic N) is 2.